The Kier molecular flexibility index (Phi) is 6.32. The average molecular weight is 228 g/mol. The van der Waals surface area contributed by atoms with Crippen molar-refractivity contribution in [2.24, 2.45) is 0 Å². The third-order valence-electron chi connectivity index (χ3n) is 3.74. The first-order chi connectivity index (χ1) is 7.67. The maximum atomic E-state index is 5.54. The zero-order chi connectivity index (χ0) is 12.0. The maximum absolute atomic E-state index is 5.54. The van der Waals surface area contributed by atoms with Gasteiger partial charge in [0.25, 0.3) is 0 Å². The molecule has 16 heavy (non-hydrogen) atoms. The highest BCUT2D eigenvalue weighted by Crippen LogP contribution is 2.22. The van der Waals surface area contributed by atoms with Gasteiger partial charge < -0.3 is 15.0 Å². The monoisotopic (exact) mass is 228 g/mol. The van der Waals surface area contributed by atoms with Gasteiger partial charge in [-0.05, 0) is 40.2 Å². The number of rotatable bonds is 8. The van der Waals surface area contributed by atoms with E-state index in [-0.39, 0.29) is 0 Å². The lowest BCUT2D eigenvalue weighted by molar-refractivity contribution is -0.0102. The molecule has 1 rings (SSSR count). The second-order valence-corrected chi connectivity index (χ2v) is 4.94. The maximum Gasteiger partial charge on any atom is 0.0604 e. The van der Waals surface area contributed by atoms with E-state index in [1.807, 2.05) is 0 Å². The molecule has 1 saturated carbocycles. The average Bonchev–Trinajstić information content (AvgIpc) is 2.24. The first-order valence-electron chi connectivity index (χ1n) is 6.72. The molecule has 1 aliphatic rings. The van der Waals surface area contributed by atoms with Crippen LogP contribution in [0.15, 0.2) is 0 Å². The fraction of sp³-hybridized carbons (Fsp3) is 1.00. The Balaban J connectivity index is 1.97. The van der Waals surface area contributed by atoms with Crippen LogP contribution in [-0.2, 0) is 4.74 Å². The molecule has 3 heteroatoms. The summed E-state index contributed by atoms with van der Waals surface area (Å²) in [4.78, 5) is 2.42. The Labute approximate surface area is 101 Å². The predicted octanol–water partition coefficient (Wildman–Crippen LogP) is 1.87. The lowest BCUT2D eigenvalue weighted by atomic mass is 9.89. The minimum Gasteiger partial charge on any atom is -0.378 e. The highest BCUT2D eigenvalue weighted by molar-refractivity contribution is 4.86. The van der Waals surface area contributed by atoms with Crippen molar-refractivity contribution in [3.05, 3.63) is 0 Å². The molecule has 0 spiro atoms. The minimum absolute atomic E-state index is 0.523. The molecule has 1 unspecified atom stereocenters. The van der Waals surface area contributed by atoms with Gasteiger partial charge in [-0.25, -0.2) is 0 Å². The summed E-state index contributed by atoms with van der Waals surface area (Å²) in [5, 5.41) is 3.60. The van der Waals surface area contributed by atoms with Gasteiger partial charge in [-0.15, -0.1) is 0 Å². The summed E-state index contributed by atoms with van der Waals surface area (Å²) in [5.74, 6) is 0. The van der Waals surface area contributed by atoms with Crippen LogP contribution in [-0.4, -0.2) is 49.8 Å². The third-order valence-corrected chi connectivity index (χ3v) is 3.74. The van der Waals surface area contributed by atoms with E-state index in [2.05, 4.69) is 38.0 Å². The first kappa shape index (κ1) is 13.9. The van der Waals surface area contributed by atoms with Crippen molar-refractivity contribution in [1.29, 1.82) is 0 Å². The minimum atomic E-state index is 0.523. The molecule has 0 radical (unpaired) electrons. The normalized spacial score (nSPS) is 26.8. The predicted molar refractivity (Wildman–Crippen MR) is 68.8 cm³/mol. The topological polar surface area (TPSA) is 24.5 Å². The van der Waals surface area contributed by atoms with Gasteiger partial charge in [-0.3, -0.25) is 0 Å². The largest absolute Gasteiger partial charge is 0.378 e. The number of nitrogens with zero attached hydrogens (tertiary/aromatic N) is 1. The van der Waals surface area contributed by atoms with E-state index < -0.39 is 0 Å². The van der Waals surface area contributed by atoms with E-state index in [0.717, 1.165) is 19.7 Å². The fourth-order valence-corrected chi connectivity index (χ4v) is 2.08. The van der Waals surface area contributed by atoms with Gasteiger partial charge in [0.15, 0.2) is 0 Å². The standard InChI is InChI=1S/C13H28N2O/c1-5-11(3)15(4)8-7-14-12-9-13(10-12)16-6-2/h11-14H,5-10H2,1-4H3. The second-order valence-electron chi connectivity index (χ2n) is 4.94. The number of hydrogen-bond acceptors (Lipinski definition) is 3. The third kappa shape index (κ3) is 4.40. The van der Waals surface area contributed by atoms with E-state index in [9.17, 15) is 0 Å². The number of nitrogens with one attached hydrogen (secondary N) is 1. The molecule has 0 heterocycles. The number of ether oxygens (including phenoxy) is 1. The lowest BCUT2D eigenvalue weighted by Gasteiger charge is -2.36. The summed E-state index contributed by atoms with van der Waals surface area (Å²) in [5.41, 5.74) is 0. The van der Waals surface area contributed by atoms with E-state index >= 15 is 0 Å². The summed E-state index contributed by atoms with van der Waals surface area (Å²) in [7, 11) is 2.21. The summed E-state index contributed by atoms with van der Waals surface area (Å²) in [6.07, 6.45) is 4.14. The van der Waals surface area contributed by atoms with E-state index in [4.69, 9.17) is 4.74 Å². The Morgan fingerprint density at radius 2 is 2.06 bits per heavy atom. The van der Waals surface area contributed by atoms with Crippen molar-refractivity contribution in [1.82, 2.24) is 10.2 Å². The lowest BCUT2D eigenvalue weighted by Crippen LogP contribution is -2.47. The first-order valence-corrected chi connectivity index (χ1v) is 6.72. The van der Waals surface area contributed by atoms with Crippen LogP contribution in [0.3, 0.4) is 0 Å². The Morgan fingerprint density at radius 1 is 1.38 bits per heavy atom. The van der Waals surface area contributed by atoms with Gasteiger partial charge in [0.1, 0.15) is 0 Å². The zero-order valence-corrected chi connectivity index (χ0v) is 11.3. The molecule has 0 bridgehead atoms. The molecule has 0 aromatic heterocycles. The molecule has 0 amide bonds. The smallest absolute Gasteiger partial charge is 0.0604 e. The molecular formula is C13H28N2O. The Hall–Kier alpha value is -0.120. The second kappa shape index (κ2) is 7.25. The number of hydrogen-bond donors (Lipinski definition) is 1. The van der Waals surface area contributed by atoms with E-state index in [1.54, 1.807) is 0 Å². The van der Waals surface area contributed by atoms with Crippen LogP contribution in [0.5, 0.6) is 0 Å². The molecule has 1 N–H and O–H groups in total. The Bertz CT molecular complexity index is 181. The van der Waals surface area contributed by atoms with Crippen LogP contribution in [0.4, 0.5) is 0 Å². The van der Waals surface area contributed by atoms with Gasteiger partial charge in [0.05, 0.1) is 6.10 Å². The van der Waals surface area contributed by atoms with E-state index in [1.165, 1.54) is 19.3 Å². The highest BCUT2D eigenvalue weighted by atomic mass is 16.5. The van der Waals surface area contributed by atoms with E-state index in [0.29, 0.717) is 18.2 Å². The van der Waals surface area contributed by atoms with Crippen LogP contribution in [0.25, 0.3) is 0 Å². The zero-order valence-electron chi connectivity index (χ0n) is 11.3. The van der Waals surface area contributed by atoms with Gasteiger partial charge in [0, 0.05) is 31.8 Å². The van der Waals surface area contributed by atoms with Gasteiger partial charge in [-0.2, -0.15) is 0 Å². The SMILES string of the molecule is CCOC1CC(NCCN(C)C(C)CC)C1. The van der Waals surface area contributed by atoms with Crippen molar-refractivity contribution in [3.63, 3.8) is 0 Å². The quantitative estimate of drug-likeness (QED) is 0.686. The van der Waals surface area contributed by atoms with Crippen molar-refractivity contribution < 1.29 is 4.74 Å². The molecule has 0 aromatic carbocycles. The summed E-state index contributed by atoms with van der Waals surface area (Å²) < 4.78 is 5.54. The van der Waals surface area contributed by atoms with Crippen molar-refractivity contribution >= 4 is 0 Å². The molecule has 0 aliphatic heterocycles. The van der Waals surface area contributed by atoms with Crippen molar-refractivity contribution in [2.75, 3.05) is 26.7 Å². The summed E-state index contributed by atoms with van der Waals surface area (Å²) in [6.45, 7) is 9.70. The molecular weight excluding hydrogens is 200 g/mol. The molecule has 96 valence electrons. The molecule has 1 atom stereocenters. The Morgan fingerprint density at radius 3 is 2.62 bits per heavy atom. The molecule has 0 aromatic rings. The van der Waals surface area contributed by atoms with Crippen molar-refractivity contribution in [3.8, 4) is 0 Å². The molecule has 3 nitrogen and oxygen atoms in total. The van der Waals surface area contributed by atoms with Gasteiger partial charge in [0.2, 0.25) is 0 Å². The van der Waals surface area contributed by atoms with Crippen LogP contribution in [0, 0.1) is 0 Å². The van der Waals surface area contributed by atoms with Crippen molar-refractivity contribution in [2.45, 2.75) is 58.2 Å². The van der Waals surface area contributed by atoms with Gasteiger partial charge in [-0.1, -0.05) is 6.92 Å². The van der Waals surface area contributed by atoms with Crippen LogP contribution in [0.1, 0.15) is 40.0 Å². The highest BCUT2D eigenvalue weighted by Gasteiger charge is 2.28. The van der Waals surface area contributed by atoms with Crippen LogP contribution < -0.4 is 5.32 Å². The van der Waals surface area contributed by atoms with Gasteiger partial charge >= 0.3 is 0 Å². The summed E-state index contributed by atoms with van der Waals surface area (Å²) >= 11 is 0. The molecule has 0 saturated heterocycles. The fourth-order valence-electron chi connectivity index (χ4n) is 2.08. The number of likely N-dealkylation sites (N-methyl/N-ethyl adjacent to an activating group) is 1. The van der Waals surface area contributed by atoms with Crippen LogP contribution in [0.2, 0.25) is 0 Å². The van der Waals surface area contributed by atoms with Crippen LogP contribution >= 0.6 is 0 Å². The summed E-state index contributed by atoms with van der Waals surface area (Å²) in [6, 6.07) is 1.39. The molecule has 1 fully saturated rings. The molecule has 1 aliphatic carbocycles.